The number of halogens is 1. The predicted molar refractivity (Wildman–Crippen MR) is 121 cm³/mol. The van der Waals surface area contributed by atoms with Crippen molar-refractivity contribution in [3.63, 3.8) is 0 Å². The third-order valence-corrected chi connectivity index (χ3v) is 11.9. The third-order valence-electron chi connectivity index (χ3n) is 3.03. The summed E-state index contributed by atoms with van der Waals surface area (Å²) in [5, 5.41) is 0.561. The Kier molecular flexibility index (Phi) is 11.0. The minimum atomic E-state index is -3.94. The summed E-state index contributed by atoms with van der Waals surface area (Å²) in [7, 11) is -7.87. The van der Waals surface area contributed by atoms with E-state index in [0.717, 1.165) is 11.8 Å². The Balaban J connectivity index is 3.56. The van der Waals surface area contributed by atoms with Gasteiger partial charge in [0.15, 0.2) is 0 Å². The number of hydrogen-bond donors (Lipinski definition) is 0. The first-order chi connectivity index (χ1) is 13.3. The lowest BCUT2D eigenvalue weighted by atomic mass is 10.4. The van der Waals surface area contributed by atoms with Crippen molar-refractivity contribution in [2.45, 2.75) is 89.4 Å². The van der Waals surface area contributed by atoms with E-state index >= 15 is 0 Å². The van der Waals surface area contributed by atoms with Crippen molar-refractivity contribution in [2.75, 3.05) is 0 Å². The maximum atomic E-state index is 14.0. The molecule has 6 nitrogen and oxygen atoms in total. The lowest BCUT2D eigenvalue weighted by Crippen LogP contribution is -2.21. The van der Waals surface area contributed by atoms with E-state index in [-0.39, 0.29) is 0 Å². The molecule has 168 valence electrons. The quantitative estimate of drug-likeness (QED) is 0.220. The van der Waals surface area contributed by atoms with Crippen molar-refractivity contribution in [3.8, 4) is 0 Å². The van der Waals surface area contributed by atoms with Crippen molar-refractivity contribution >= 4 is 38.6 Å². The van der Waals surface area contributed by atoms with Crippen LogP contribution in [0.3, 0.4) is 0 Å². The summed E-state index contributed by atoms with van der Waals surface area (Å²) < 4.78 is 49.9. The van der Waals surface area contributed by atoms with Gasteiger partial charge in [-0.2, -0.15) is 0 Å². The number of thioether (sulfide) groups is 1. The first-order valence-electron chi connectivity index (χ1n) is 9.62. The van der Waals surface area contributed by atoms with Gasteiger partial charge in [-0.15, -0.1) is 0 Å². The van der Waals surface area contributed by atoms with Gasteiger partial charge >= 0.3 is 15.2 Å². The average molecular weight is 487 g/mol. The van der Waals surface area contributed by atoms with Crippen molar-refractivity contribution in [1.82, 2.24) is 0 Å². The maximum Gasteiger partial charge on any atom is 0.356 e. The highest BCUT2D eigenvalue weighted by Gasteiger charge is 2.53. The van der Waals surface area contributed by atoms with Crippen LogP contribution in [0.4, 0.5) is 0 Å². The summed E-state index contributed by atoms with van der Waals surface area (Å²) >= 11 is 7.08. The SMILES string of the molecule is CC(C)OP(=O)(OC(C)C)C(Sc1ccc(Cl)cc1)P(=O)(OC(C)C)OC(C)C. The molecule has 0 heterocycles. The maximum absolute atomic E-state index is 14.0. The second kappa shape index (κ2) is 11.7. The van der Waals surface area contributed by atoms with Crippen LogP contribution in [0.5, 0.6) is 0 Å². The Morgan fingerprint density at radius 2 is 1.00 bits per heavy atom. The molecule has 0 amide bonds. The van der Waals surface area contributed by atoms with Gasteiger partial charge in [0.05, 0.1) is 24.4 Å². The van der Waals surface area contributed by atoms with E-state index in [1.807, 2.05) is 0 Å². The van der Waals surface area contributed by atoms with Crippen LogP contribution in [0, 0.1) is 0 Å². The number of rotatable bonds is 12. The summed E-state index contributed by atoms with van der Waals surface area (Å²) in [5.41, 5.74) is 0. The van der Waals surface area contributed by atoms with Crippen LogP contribution in [0.15, 0.2) is 29.2 Å². The molecule has 10 heteroatoms. The molecule has 0 aliphatic heterocycles. The van der Waals surface area contributed by atoms with Crippen LogP contribution < -0.4 is 0 Å². The summed E-state index contributed by atoms with van der Waals surface area (Å²) in [6, 6.07) is 6.92. The van der Waals surface area contributed by atoms with Crippen molar-refractivity contribution < 1.29 is 27.2 Å². The highest BCUT2D eigenvalue weighted by molar-refractivity contribution is 8.12. The molecule has 0 aliphatic carbocycles. The second-order valence-corrected chi connectivity index (χ2v) is 14.4. The average Bonchev–Trinajstić information content (AvgIpc) is 2.50. The molecule has 0 saturated carbocycles. The van der Waals surface area contributed by atoms with Gasteiger partial charge in [0.2, 0.25) is 4.73 Å². The summed E-state index contributed by atoms with van der Waals surface area (Å²) in [6.07, 6.45) is -1.67. The molecule has 0 saturated heterocycles. The Morgan fingerprint density at radius 3 is 1.28 bits per heavy atom. The highest BCUT2D eigenvalue weighted by Crippen LogP contribution is 2.76. The van der Waals surface area contributed by atoms with E-state index < -0.39 is 44.3 Å². The number of benzene rings is 1. The van der Waals surface area contributed by atoms with Gasteiger partial charge in [0.1, 0.15) is 0 Å². The molecule has 1 aromatic rings. The van der Waals surface area contributed by atoms with Crippen LogP contribution in [-0.4, -0.2) is 29.1 Å². The van der Waals surface area contributed by atoms with E-state index in [1.165, 1.54) is 0 Å². The first kappa shape index (κ1) is 27.2. The molecule has 0 N–H and O–H groups in total. The Labute approximate surface area is 184 Å². The molecule has 1 rings (SSSR count). The highest BCUT2D eigenvalue weighted by atomic mass is 35.5. The molecular formula is C19H33ClO6P2S. The Morgan fingerprint density at radius 1 is 0.690 bits per heavy atom. The van der Waals surface area contributed by atoms with E-state index in [9.17, 15) is 9.13 Å². The standard InChI is InChI=1S/C19H33ClO6P2S/c1-13(2)23-27(21,24-14(3)4)19(29-18-11-9-17(20)10-12-18)28(22,25-15(5)6)26-16(7)8/h9-16,19H,1-8H3. The molecule has 0 unspecified atom stereocenters. The molecule has 0 atom stereocenters. The van der Waals surface area contributed by atoms with Gasteiger partial charge in [-0.3, -0.25) is 9.13 Å². The zero-order valence-corrected chi connectivity index (χ0v) is 21.7. The van der Waals surface area contributed by atoms with Gasteiger partial charge in [-0.05, 0) is 79.7 Å². The van der Waals surface area contributed by atoms with Gasteiger partial charge in [0.25, 0.3) is 0 Å². The van der Waals surface area contributed by atoms with Gasteiger partial charge < -0.3 is 18.1 Å². The van der Waals surface area contributed by atoms with Gasteiger partial charge in [-0.25, -0.2) is 0 Å². The molecule has 0 aliphatic rings. The minimum Gasteiger partial charge on any atom is -0.305 e. The lowest BCUT2D eigenvalue weighted by molar-refractivity contribution is 0.129. The lowest BCUT2D eigenvalue weighted by Gasteiger charge is -2.34. The third kappa shape index (κ3) is 9.04. The Hall–Kier alpha value is 0.160. The zero-order chi connectivity index (χ0) is 22.4. The zero-order valence-electron chi connectivity index (χ0n) is 18.3. The fraction of sp³-hybridized carbons (Fsp3) is 0.684. The smallest absolute Gasteiger partial charge is 0.305 e. The van der Waals surface area contributed by atoms with Gasteiger partial charge in [-0.1, -0.05) is 23.4 Å². The topological polar surface area (TPSA) is 71.1 Å². The summed E-state index contributed by atoms with van der Waals surface area (Å²) in [4.78, 5) is 0.694. The molecule has 0 fully saturated rings. The molecular weight excluding hydrogens is 454 g/mol. The van der Waals surface area contributed by atoms with E-state index in [2.05, 4.69) is 0 Å². The largest absolute Gasteiger partial charge is 0.356 e. The van der Waals surface area contributed by atoms with Crippen molar-refractivity contribution in [1.29, 1.82) is 0 Å². The van der Waals surface area contributed by atoms with Crippen LogP contribution >= 0.6 is 38.6 Å². The summed E-state index contributed by atoms with van der Waals surface area (Å²) in [6.45, 7) is 14.0. The molecule has 0 spiro atoms. The molecule has 0 radical (unpaired) electrons. The fourth-order valence-electron chi connectivity index (χ4n) is 2.37. The van der Waals surface area contributed by atoms with Crippen LogP contribution in [-0.2, 0) is 27.2 Å². The summed E-state index contributed by atoms with van der Waals surface area (Å²) in [5.74, 6) is 0. The fourth-order valence-corrected chi connectivity index (χ4v) is 10.3. The van der Waals surface area contributed by atoms with E-state index in [1.54, 1.807) is 79.7 Å². The van der Waals surface area contributed by atoms with E-state index in [0.29, 0.717) is 9.92 Å². The van der Waals surface area contributed by atoms with Gasteiger partial charge in [0, 0.05) is 9.92 Å². The molecule has 29 heavy (non-hydrogen) atoms. The normalized spacial score (nSPS) is 13.4. The van der Waals surface area contributed by atoms with Crippen LogP contribution in [0.2, 0.25) is 5.02 Å². The van der Waals surface area contributed by atoms with Crippen molar-refractivity contribution in [3.05, 3.63) is 29.3 Å². The van der Waals surface area contributed by atoms with E-state index in [4.69, 9.17) is 29.7 Å². The van der Waals surface area contributed by atoms with Crippen molar-refractivity contribution in [2.24, 2.45) is 0 Å². The minimum absolute atomic E-state index is 0.417. The second-order valence-electron chi connectivity index (χ2n) is 7.59. The molecule has 0 bridgehead atoms. The monoisotopic (exact) mass is 486 g/mol. The van der Waals surface area contributed by atoms with Crippen LogP contribution in [0.1, 0.15) is 55.4 Å². The Bertz CT molecular complexity index is 658. The number of hydrogen-bond acceptors (Lipinski definition) is 7. The first-order valence-corrected chi connectivity index (χ1v) is 14.1. The predicted octanol–water partition coefficient (Wildman–Crippen LogP) is 7.80. The molecule has 1 aromatic carbocycles. The molecule has 0 aromatic heterocycles. The van der Waals surface area contributed by atoms with Crippen LogP contribution in [0.25, 0.3) is 0 Å².